The molecule has 1 aromatic rings. The standard InChI is InChI=1S/C11H16N2O/c1-2-9-5-8(6-12)11(7-13-9)14-10-3-4-10/h5,7,10H,2-4,6,12H2,1H3. The molecule has 76 valence electrons. The minimum absolute atomic E-state index is 0.412. The van der Waals surface area contributed by atoms with Gasteiger partial charge in [-0.05, 0) is 25.3 Å². The quantitative estimate of drug-likeness (QED) is 0.789. The van der Waals surface area contributed by atoms with Gasteiger partial charge in [0.2, 0.25) is 0 Å². The summed E-state index contributed by atoms with van der Waals surface area (Å²) in [4.78, 5) is 4.31. The second-order valence-electron chi connectivity index (χ2n) is 3.66. The summed E-state index contributed by atoms with van der Waals surface area (Å²) in [6.45, 7) is 2.61. The van der Waals surface area contributed by atoms with Gasteiger partial charge in [0.1, 0.15) is 5.75 Å². The highest BCUT2D eigenvalue weighted by Gasteiger charge is 2.24. The Morgan fingerprint density at radius 3 is 2.93 bits per heavy atom. The molecule has 2 N–H and O–H groups in total. The second-order valence-corrected chi connectivity index (χ2v) is 3.66. The van der Waals surface area contributed by atoms with Gasteiger partial charge in [-0.15, -0.1) is 0 Å². The summed E-state index contributed by atoms with van der Waals surface area (Å²) in [5.74, 6) is 0.868. The third-order valence-electron chi connectivity index (χ3n) is 2.41. The van der Waals surface area contributed by atoms with Crippen molar-refractivity contribution in [1.82, 2.24) is 4.98 Å². The van der Waals surface area contributed by atoms with E-state index >= 15 is 0 Å². The number of rotatable bonds is 4. The monoisotopic (exact) mass is 192 g/mol. The zero-order valence-corrected chi connectivity index (χ0v) is 8.49. The van der Waals surface area contributed by atoms with Crippen molar-refractivity contribution in [1.29, 1.82) is 0 Å². The molecule has 14 heavy (non-hydrogen) atoms. The lowest BCUT2D eigenvalue weighted by Gasteiger charge is -2.09. The normalized spacial score (nSPS) is 15.6. The van der Waals surface area contributed by atoms with Gasteiger partial charge in [-0.25, -0.2) is 0 Å². The number of nitrogens with zero attached hydrogens (tertiary/aromatic N) is 1. The Bertz CT molecular complexity index is 321. The third-order valence-corrected chi connectivity index (χ3v) is 2.41. The fourth-order valence-electron chi connectivity index (χ4n) is 1.36. The van der Waals surface area contributed by atoms with E-state index < -0.39 is 0 Å². The van der Waals surface area contributed by atoms with Crippen LogP contribution in [0.25, 0.3) is 0 Å². The number of aryl methyl sites for hydroxylation is 1. The van der Waals surface area contributed by atoms with E-state index in [9.17, 15) is 0 Å². The number of hydrogen-bond donors (Lipinski definition) is 1. The van der Waals surface area contributed by atoms with Gasteiger partial charge in [-0.3, -0.25) is 4.98 Å². The molecule has 1 heterocycles. The number of pyridine rings is 1. The number of ether oxygens (including phenoxy) is 1. The van der Waals surface area contributed by atoms with Crippen LogP contribution in [0.2, 0.25) is 0 Å². The zero-order valence-electron chi connectivity index (χ0n) is 8.49. The minimum atomic E-state index is 0.412. The van der Waals surface area contributed by atoms with E-state index in [1.165, 1.54) is 12.8 Å². The molecular weight excluding hydrogens is 176 g/mol. The van der Waals surface area contributed by atoms with Crippen LogP contribution in [0.4, 0.5) is 0 Å². The summed E-state index contributed by atoms with van der Waals surface area (Å²) in [7, 11) is 0. The van der Waals surface area contributed by atoms with Gasteiger partial charge in [0.25, 0.3) is 0 Å². The molecule has 3 heteroatoms. The molecule has 0 amide bonds. The van der Waals surface area contributed by atoms with Crippen LogP contribution in [0.15, 0.2) is 12.3 Å². The molecule has 0 atom stereocenters. The van der Waals surface area contributed by atoms with Gasteiger partial charge in [0.15, 0.2) is 0 Å². The molecule has 0 saturated heterocycles. The molecular formula is C11H16N2O. The molecule has 0 spiro atoms. The van der Waals surface area contributed by atoms with E-state index in [0.29, 0.717) is 12.6 Å². The van der Waals surface area contributed by atoms with E-state index in [0.717, 1.165) is 23.4 Å². The van der Waals surface area contributed by atoms with E-state index in [4.69, 9.17) is 10.5 Å². The summed E-state index contributed by atoms with van der Waals surface area (Å²) in [5, 5.41) is 0. The zero-order chi connectivity index (χ0) is 9.97. The third kappa shape index (κ3) is 2.04. The first kappa shape index (κ1) is 9.46. The van der Waals surface area contributed by atoms with Crippen molar-refractivity contribution < 1.29 is 4.74 Å². The minimum Gasteiger partial charge on any atom is -0.488 e. The Hall–Kier alpha value is -1.09. The van der Waals surface area contributed by atoms with Crippen molar-refractivity contribution in [3.63, 3.8) is 0 Å². The lowest BCUT2D eigenvalue weighted by molar-refractivity contribution is 0.298. The second kappa shape index (κ2) is 3.96. The highest BCUT2D eigenvalue weighted by atomic mass is 16.5. The van der Waals surface area contributed by atoms with Gasteiger partial charge in [-0.2, -0.15) is 0 Å². The van der Waals surface area contributed by atoms with E-state index in [1.54, 1.807) is 6.20 Å². The van der Waals surface area contributed by atoms with Crippen molar-refractivity contribution in [3.8, 4) is 5.75 Å². The van der Waals surface area contributed by atoms with Crippen molar-refractivity contribution in [2.24, 2.45) is 5.73 Å². The van der Waals surface area contributed by atoms with Crippen LogP contribution in [-0.2, 0) is 13.0 Å². The highest BCUT2D eigenvalue weighted by molar-refractivity contribution is 5.33. The summed E-state index contributed by atoms with van der Waals surface area (Å²) in [6, 6.07) is 2.04. The van der Waals surface area contributed by atoms with E-state index in [-0.39, 0.29) is 0 Å². The summed E-state index contributed by atoms with van der Waals surface area (Å²) in [6.07, 6.45) is 5.49. The molecule has 0 aliphatic heterocycles. The van der Waals surface area contributed by atoms with Crippen LogP contribution >= 0.6 is 0 Å². The Balaban J connectivity index is 2.19. The summed E-state index contributed by atoms with van der Waals surface area (Å²) >= 11 is 0. The Kier molecular flexibility index (Phi) is 2.68. The van der Waals surface area contributed by atoms with Gasteiger partial charge in [-0.1, -0.05) is 6.92 Å². The first-order valence-electron chi connectivity index (χ1n) is 5.18. The number of aromatic nitrogens is 1. The maximum Gasteiger partial charge on any atom is 0.142 e. The van der Waals surface area contributed by atoms with Gasteiger partial charge >= 0.3 is 0 Å². The molecule has 1 aliphatic carbocycles. The molecule has 3 nitrogen and oxygen atoms in total. The lowest BCUT2D eigenvalue weighted by atomic mass is 10.2. The smallest absolute Gasteiger partial charge is 0.142 e. The maximum atomic E-state index is 5.70. The molecule has 1 fully saturated rings. The Morgan fingerprint density at radius 1 is 1.57 bits per heavy atom. The number of nitrogens with two attached hydrogens (primary N) is 1. The van der Waals surface area contributed by atoms with Crippen molar-refractivity contribution in [2.75, 3.05) is 0 Å². The molecule has 1 saturated carbocycles. The Morgan fingerprint density at radius 2 is 2.36 bits per heavy atom. The van der Waals surface area contributed by atoms with Crippen LogP contribution in [0.5, 0.6) is 5.75 Å². The topological polar surface area (TPSA) is 48.1 Å². The van der Waals surface area contributed by atoms with Crippen molar-refractivity contribution >= 4 is 0 Å². The maximum absolute atomic E-state index is 5.70. The average Bonchev–Trinajstić information content (AvgIpc) is 3.02. The van der Waals surface area contributed by atoms with Crippen LogP contribution in [-0.4, -0.2) is 11.1 Å². The van der Waals surface area contributed by atoms with Gasteiger partial charge in [0.05, 0.1) is 12.3 Å². The molecule has 0 bridgehead atoms. The van der Waals surface area contributed by atoms with Crippen LogP contribution in [0, 0.1) is 0 Å². The first-order valence-corrected chi connectivity index (χ1v) is 5.18. The largest absolute Gasteiger partial charge is 0.488 e. The molecule has 1 aliphatic rings. The fourth-order valence-corrected chi connectivity index (χ4v) is 1.36. The van der Waals surface area contributed by atoms with Gasteiger partial charge < -0.3 is 10.5 Å². The van der Waals surface area contributed by atoms with E-state index in [2.05, 4.69) is 11.9 Å². The summed E-state index contributed by atoms with van der Waals surface area (Å²) in [5.41, 5.74) is 7.81. The molecule has 2 rings (SSSR count). The molecule has 0 aromatic carbocycles. The number of hydrogen-bond acceptors (Lipinski definition) is 3. The highest BCUT2D eigenvalue weighted by Crippen LogP contribution is 2.28. The van der Waals surface area contributed by atoms with Crippen LogP contribution in [0.1, 0.15) is 31.0 Å². The molecule has 1 aromatic heterocycles. The summed E-state index contributed by atoms with van der Waals surface area (Å²) < 4.78 is 5.70. The predicted octanol–water partition coefficient (Wildman–Crippen LogP) is 1.64. The van der Waals surface area contributed by atoms with E-state index in [1.807, 2.05) is 6.07 Å². The lowest BCUT2D eigenvalue weighted by Crippen LogP contribution is -2.05. The predicted molar refractivity (Wildman–Crippen MR) is 55.2 cm³/mol. The van der Waals surface area contributed by atoms with Gasteiger partial charge in [0, 0.05) is 17.8 Å². The first-order chi connectivity index (χ1) is 6.83. The molecule has 0 radical (unpaired) electrons. The Labute approximate surface area is 84.3 Å². The van der Waals surface area contributed by atoms with Crippen LogP contribution < -0.4 is 10.5 Å². The average molecular weight is 192 g/mol. The fraction of sp³-hybridized carbons (Fsp3) is 0.545. The van der Waals surface area contributed by atoms with Crippen LogP contribution in [0.3, 0.4) is 0 Å². The molecule has 0 unspecified atom stereocenters. The SMILES string of the molecule is CCc1cc(CN)c(OC2CC2)cn1. The van der Waals surface area contributed by atoms with Crippen molar-refractivity contribution in [3.05, 3.63) is 23.5 Å². The van der Waals surface area contributed by atoms with Crippen molar-refractivity contribution in [2.45, 2.75) is 38.8 Å².